The summed E-state index contributed by atoms with van der Waals surface area (Å²) in [6.45, 7) is 8.27. The van der Waals surface area contributed by atoms with Gasteiger partial charge in [-0.3, -0.25) is 10.0 Å². The van der Waals surface area contributed by atoms with Crippen LogP contribution in [-0.2, 0) is 13.1 Å². The van der Waals surface area contributed by atoms with Crippen molar-refractivity contribution in [1.29, 1.82) is 0 Å². The Morgan fingerprint density at radius 1 is 1.11 bits per heavy atom. The molecule has 10 nitrogen and oxygen atoms in total. The molecule has 0 saturated heterocycles. The maximum absolute atomic E-state index is 13.0. The fourth-order valence-electron chi connectivity index (χ4n) is 3.43. The van der Waals surface area contributed by atoms with E-state index in [2.05, 4.69) is 36.4 Å². The van der Waals surface area contributed by atoms with Gasteiger partial charge in [0.05, 0.1) is 12.2 Å². The molecule has 2 aromatic carbocycles. The number of ether oxygens (including phenoxy) is 1. The number of nitrogens with one attached hydrogen (secondary N) is 2. The van der Waals surface area contributed by atoms with Gasteiger partial charge in [0.2, 0.25) is 0 Å². The van der Waals surface area contributed by atoms with Gasteiger partial charge < -0.3 is 15.0 Å². The zero-order valence-electron chi connectivity index (χ0n) is 21.0. The summed E-state index contributed by atoms with van der Waals surface area (Å²) >= 11 is 0. The molecule has 0 fully saturated rings. The summed E-state index contributed by atoms with van der Waals surface area (Å²) in [5, 5.41) is 20.0. The lowest BCUT2D eigenvalue weighted by atomic mass is 10.1. The molecule has 3 amide bonds. The summed E-state index contributed by atoms with van der Waals surface area (Å²) in [7, 11) is 0. The van der Waals surface area contributed by atoms with Crippen LogP contribution in [0.15, 0.2) is 54.7 Å². The van der Waals surface area contributed by atoms with Gasteiger partial charge in [-0.1, -0.05) is 44.5 Å². The second-order valence-corrected chi connectivity index (χ2v) is 8.78. The normalized spacial score (nSPS) is 10.8. The van der Waals surface area contributed by atoms with Crippen LogP contribution in [0.1, 0.15) is 61.1 Å². The third-order valence-corrected chi connectivity index (χ3v) is 5.60. The van der Waals surface area contributed by atoms with Crippen molar-refractivity contribution in [2.24, 2.45) is 0 Å². The van der Waals surface area contributed by atoms with Gasteiger partial charge in [0.1, 0.15) is 12.4 Å². The van der Waals surface area contributed by atoms with Crippen molar-refractivity contribution < 1.29 is 19.5 Å². The highest BCUT2D eigenvalue weighted by atomic mass is 16.5. The first-order valence-corrected chi connectivity index (χ1v) is 12.1. The summed E-state index contributed by atoms with van der Waals surface area (Å²) in [6.07, 6.45) is 3.76. The van der Waals surface area contributed by atoms with E-state index in [0.29, 0.717) is 49.2 Å². The molecular weight excluding hydrogens is 460 g/mol. The first-order valence-electron chi connectivity index (χ1n) is 12.1. The second kappa shape index (κ2) is 13.2. The predicted octanol–water partition coefficient (Wildman–Crippen LogP) is 4.43. The monoisotopic (exact) mass is 494 g/mol. The number of amides is 3. The van der Waals surface area contributed by atoms with Crippen molar-refractivity contribution in [3.8, 4) is 5.75 Å². The molecule has 1 heterocycles. The molecule has 3 aromatic rings. The highest BCUT2D eigenvalue weighted by molar-refractivity contribution is 5.93. The molecule has 0 aliphatic heterocycles. The number of urea groups is 1. The molecule has 0 radical (unpaired) electrons. The van der Waals surface area contributed by atoms with E-state index in [1.54, 1.807) is 51.5 Å². The fourth-order valence-corrected chi connectivity index (χ4v) is 3.43. The molecule has 3 rings (SSSR count). The van der Waals surface area contributed by atoms with E-state index in [-0.39, 0.29) is 6.03 Å². The van der Waals surface area contributed by atoms with Crippen LogP contribution in [0, 0.1) is 0 Å². The Morgan fingerprint density at radius 3 is 2.44 bits per heavy atom. The van der Waals surface area contributed by atoms with Gasteiger partial charge >= 0.3 is 6.03 Å². The lowest BCUT2D eigenvalue weighted by Crippen LogP contribution is -2.35. The number of aromatic nitrogens is 3. The van der Waals surface area contributed by atoms with Crippen LogP contribution in [0.3, 0.4) is 0 Å². The van der Waals surface area contributed by atoms with Gasteiger partial charge in [-0.05, 0) is 54.3 Å². The van der Waals surface area contributed by atoms with Gasteiger partial charge in [-0.25, -0.2) is 15.0 Å². The second-order valence-electron chi connectivity index (χ2n) is 8.78. The smallest absolute Gasteiger partial charge is 0.322 e. The Hall–Kier alpha value is -3.92. The van der Waals surface area contributed by atoms with Gasteiger partial charge in [-0.2, -0.15) is 0 Å². The zero-order chi connectivity index (χ0) is 25.9. The van der Waals surface area contributed by atoms with Gasteiger partial charge in [-0.15, -0.1) is 5.10 Å². The Morgan fingerprint density at radius 2 is 1.83 bits per heavy atom. The molecule has 10 heteroatoms. The van der Waals surface area contributed by atoms with E-state index in [1.165, 1.54) is 0 Å². The minimum atomic E-state index is -0.576. The zero-order valence-corrected chi connectivity index (χ0v) is 21.0. The number of carbonyl (C=O) groups excluding carboxylic acids is 2. The first kappa shape index (κ1) is 26.7. The number of anilines is 1. The third-order valence-electron chi connectivity index (χ3n) is 5.60. The molecule has 192 valence electrons. The van der Waals surface area contributed by atoms with Crippen LogP contribution < -0.4 is 15.5 Å². The van der Waals surface area contributed by atoms with E-state index in [1.807, 2.05) is 18.3 Å². The van der Waals surface area contributed by atoms with E-state index in [4.69, 9.17) is 9.94 Å². The van der Waals surface area contributed by atoms with Crippen molar-refractivity contribution in [3.63, 3.8) is 0 Å². The Labute approximate surface area is 211 Å². The van der Waals surface area contributed by atoms with Gasteiger partial charge in [0, 0.05) is 30.5 Å². The van der Waals surface area contributed by atoms with E-state index in [9.17, 15) is 9.59 Å². The maximum Gasteiger partial charge on any atom is 0.322 e. The minimum absolute atomic E-state index is 0.207. The average Bonchev–Trinajstić information content (AvgIpc) is 3.37. The average molecular weight is 495 g/mol. The lowest BCUT2D eigenvalue weighted by Gasteiger charge is -2.23. The standard InChI is InChI=1S/C26H34N6O4/c1-4-5-14-31(17-20-6-8-21(9-7-20)25(33)29-35)26(34)27-22-10-12-23(13-11-22)36-16-15-32-18-24(19(2)3)28-30-32/h6-13,18-19,35H,4-5,14-17H2,1-3H3,(H,27,34)(H,29,33). The van der Waals surface area contributed by atoms with Gasteiger partial charge in [0.25, 0.3) is 5.91 Å². The molecule has 0 bridgehead atoms. The quantitative estimate of drug-likeness (QED) is 0.253. The van der Waals surface area contributed by atoms with Gasteiger partial charge in [0.15, 0.2) is 0 Å². The minimum Gasteiger partial charge on any atom is -0.492 e. The first-order chi connectivity index (χ1) is 17.4. The number of hydroxylamine groups is 1. The Bertz CT molecular complexity index is 1110. The Kier molecular flexibility index (Phi) is 9.82. The SMILES string of the molecule is CCCCN(Cc1ccc(C(=O)NO)cc1)C(=O)Nc1ccc(OCCn2cc(C(C)C)nn2)cc1. The number of hydrogen-bond acceptors (Lipinski definition) is 6. The van der Waals surface area contributed by atoms with Crippen LogP contribution in [-0.4, -0.2) is 50.2 Å². The van der Waals surface area contributed by atoms with Crippen molar-refractivity contribution in [1.82, 2.24) is 25.4 Å². The van der Waals surface area contributed by atoms with Crippen molar-refractivity contribution in [3.05, 3.63) is 71.5 Å². The molecule has 0 aliphatic rings. The van der Waals surface area contributed by atoms with Crippen LogP contribution >= 0.6 is 0 Å². The van der Waals surface area contributed by atoms with Crippen molar-refractivity contribution in [2.75, 3.05) is 18.5 Å². The van der Waals surface area contributed by atoms with E-state index in [0.717, 1.165) is 24.1 Å². The molecule has 0 saturated carbocycles. The molecule has 3 N–H and O–H groups in total. The molecule has 36 heavy (non-hydrogen) atoms. The largest absolute Gasteiger partial charge is 0.492 e. The molecule has 0 spiro atoms. The number of hydrogen-bond donors (Lipinski definition) is 3. The number of carbonyl (C=O) groups is 2. The van der Waals surface area contributed by atoms with E-state index < -0.39 is 5.91 Å². The van der Waals surface area contributed by atoms with Crippen molar-refractivity contribution >= 4 is 17.6 Å². The summed E-state index contributed by atoms with van der Waals surface area (Å²) in [5.74, 6) is 0.459. The number of nitrogens with zero attached hydrogens (tertiary/aromatic N) is 4. The number of benzene rings is 2. The fraction of sp³-hybridized carbons (Fsp3) is 0.385. The predicted molar refractivity (Wildman–Crippen MR) is 136 cm³/mol. The third kappa shape index (κ3) is 7.81. The molecule has 0 unspecified atom stereocenters. The highest BCUT2D eigenvalue weighted by Gasteiger charge is 2.15. The van der Waals surface area contributed by atoms with Crippen LogP contribution in [0.2, 0.25) is 0 Å². The van der Waals surface area contributed by atoms with Crippen molar-refractivity contribution in [2.45, 2.75) is 52.6 Å². The number of rotatable bonds is 12. The van der Waals surface area contributed by atoms with Crippen LogP contribution in [0.25, 0.3) is 0 Å². The topological polar surface area (TPSA) is 122 Å². The molecule has 1 aromatic heterocycles. The summed E-state index contributed by atoms with van der Waals surface area (Å²) in [4.78, 5) is 26.2. The summed E-state index contributed by atoms with van der Waals surface area (Å²) in [5.41, 5.74) is 4.46. The van der Waals surface area contributed by atoms with Crippen LogP contribution in [0.5, 0.6) is 5.75 Å². The van der Waals surface area contributed by atoms with Crippen LogP contribution in [0.4, 0.5) is 10.5 Å². The number of unbranched alkanes of at least 4 members (excludes halogenated alkanes) is 1. The molecule has 0 aliphatic carbocycles. The summed E-state index contributed by atoms with van der Waals surface area (Å²) < 4.78 is 7.57. The lowest BCUT2D eigenvalue weighted by molar-refractivity contribution is 0.0706. The molecular formula is C26H34N6O4. The Balaban J connectivity index is 1.53. The van der Waals surface area contributed by atoms with E-state index >= 15 is 0 Å². The summed E-state index contributed by atoms with van der Waals surface area (Å²) in [6, 6.07) is 13.8. The highest BCUT2D eigenvalue weighted by Crippen LogP contribution is 2.17. The molecule has 0 atom stereocenters. The maximum atomic E-state index is 13.0.